The van der Waals surface area contributed by atoms with Crippen LogP contribution in [0.1, 0.15) is 22.3 Å². The van der Waals surface area contributed by atoms with E-state index in [9.17, 15) is 0 Å². The highest BCUT2D eigenvalue weighted by Gasteiger charge is 2.47. The zero-order chi connectivity index (χ0) is 42.2. The van der Waals surface area contributed by atoms with Gasteiger partial charge in [0.05, 0.1) is 5.41 Å². The molecule has 0 aliphatic heterocycles. The van der Waals surface area contributed by atoms with Crippen LogP contribution in [-0.2, 0) is 5.41 Å². The Hall–Kier alpha value is -8.40. The number of fused-ring (bicyclic) bond motifs is 9. The highest BCUT2D eigenvalue weighted by molar-refractivity contribution is 6.07. The van der Waals surface area contributed by atoms with Crippen LogP contribution in [0.2, 0.25) is 0 Å². The lowest BCUT2D eigenvalue weighted by Gasteiger charge is -2.35. The van der Waals surface area contributed by atoms with Crippen molar-refractivity contribution in [3.8, 4) is 33.4 Å². The van der Waals surface area contributed by atoms with Crippen molar-refractivity contribution >= 4 is 60.9 Å². The number of hydrogen-bond acceptors (Lipinski definition) is 3. The van der Waals surface area contributed by atoms with Gasteiger partial charge in [-0.25, -0.2) is 0 Å². The second kappa shape index (κ2) is 14.3. The normalized spacial score (nSPS) is 12.8. The van der Waals surface area contributed by atoms with Crippen molar-refractivity contribution in [3.05, 3.63) is 259 Å². The number of para-hydroxylation sites is 2. The highest BCUT2D eigenvalue weighted by atomic mass is 16.3. The molecule has 13 rings (SSSR count). The minimum Gasteiger partial charge on any atom is -0.456 e. The molecule has 0 saturated heterocycles. The first kappa shape index (κ1) is 36.3. The van der Waals surface area contributed by atoms with E-state index in [1.54, 1.807) is 0 Å². The van der Waals surface area contributed by atoms with Crippen molar-refractivity contribution in [1.29, 1.82) is 0 Å². The summed E-state index contributed by atoms with van der Waals surface area (Å²) >= 11 is 0. The van der Waals surface area contributed by atoms with Gasteiger partial charge in [0.15, 0.2) is 0 Å². The average Bonchev–Trinajstić information content (AvgIpc) is 4.03. The van der Waals surface area contributed by atoms with E-state index >= 15 is 0 Å². The van der Waals surface area contributed by atoms with Gasteiger partial charge in [-0.05, 0) is 128 Å². The van der Waals surface area contributed by atoms with Crippen molar-refractivity contribution in [2.45, 2.75) is 5.41 Å². The summed E-state index contributed by atoms with van der Waals surface area (Å²) in [6.45, 7) is 0. The van der Waals surface area contributed by atoms with Crippen LogP contribution < -0.4 is 4.90 Å². The lowest BCUT2D eigenvalue weighted by Crippen LogP contribution is -2.28. The van der Waals surface area contributed by atoms with Gasteiger partial charge in [-0.1, -0.05) is 164 Å². The quantitative estimate of drug-likeness (QED) is 0.160. The van der Waals surface area contributed by atoms with Gasteiger partial charge < -0.3 is 13.7 Å². The van der Waals surface area contributed by atoms with Gasteiger partial charge in [-0.2, -0.15) is 0 Å². The number of hydrogen-bond donors (Lipinski definition) is 0. The predicted octanol–water partition coefficient (Wildman–Crippen LogP) is 16.7. The minimum absolute atomic E-state index is 0.707. The van der Waals surface area contributed by atoms with E-state index in [1.807, 2.05) is 12.1 Å². The van der Waals surface area contributed by atoms with Crippen molar-refractivity contribution in [1.82, 2.24) is 0 Å². The molecular weight excluding hydrogens is 779 g/mol. The summed E-state index contributed by atoms with van der Waals surface area (Å²) < 4.78 is 12.9. The molecular formula is C61H39NO2. The fourth-order valence-corrected chi connectivity index (χ4v) is 10.4. The number of rotatable bonds is 7. The van der Waals surface area contributed by atoms with Gasteiger partial charge in [0.1, 0.15) is 22.3 Å². The summed E-state index contributed by atoms with van der Waals surface area (Å²) in [6, 6.07) is 85.5. The van der Waals surface area contributed by atoms with Crippen LogP contribution >= 0.6 is 0 Å². The molecule has 1 aliphatic carbocycles. The molecule has 1 aliphatic rings. The third kappa shape index (κ3) is 5.54. The maximum absolute atomic E-state index is 6.45. The van der Waals surface area contributed by atoms with Gasteiger partial charge in [0.25, 0.3) is 0 Å². The van der Waals surface area contributed by atoms with Gasteiger partial charge in [0, 0.05) is 38.6 Å². The van der Waals surface area contributed by atoms with Crippen LogP contribution in [0.3, 0.4) is 0 Å². The van der Waals surface area contributed by atoms with Crippen molar-refractivity contribution < 1.29 is 8.83 Å². The summed E-state index contributed by atoms with van der Waals surface area (Å²) in [7, 11) is 0. The summed E-state index contributed by atoms with van der Waals surface area (Å²) in [5.74, 6) is 0. The first-order chi connectivity index (χ1) is 31.7. The minimum atomic E-state index is -0.707. The topological polar surface area (TPSA) is 29.5 Å². The molecule has 3 nitrogen and oxygen atoms in total. The third-order valence-electron chi connectivity index (χ3n) is 13.4. The van der Waals surface area contributed by atoms with Crippen LogP contribution in [-0.4, -0.2) is 0 Å². The first-order valence-corrected chi connectivity index (χ1v) is 21.9. The largest absolute Gasteiger partial charge is 0.456 e. The Morgan fingerprint density at radius 1 is 0.281 bits per heavy atom. The van der Waals surface area contributed by atoms with E-state index < -0.39 is 5.41 Å². The lowest BCUT2D eigenvalue weighted by molar-refractivity contribution is 0.667. The molecule has 10 aromatic carbocycles. The average molecular weight is 818 g/mol. The smallest absolute Gasteiger partial charge is 0.135 e. The Kier molecular flexibility index (Phi) is 8.13. The molecule has 0 radical (unpaired) electrons. The molecule has 0 spiro atoms. The first-order valence-electron chi connectivity index (χ1n) is 21.9. The van der Waals surface area contributed by atoms with Crippen LogP contribution in [0.15, 0.2) is 245 Å². The number of nitrogens with zero attached hydrogens (tertiary/aromatic N) is 1. The Morgan fingerprint density at radius 2 is 0.703 bits per heavy atom. The van der Waals surface area contributed by atoms with Gasteiger partial charge >= 0.3 is 0 Å². The van der Waals surface area contributed by atoms with Crippen LogP contribution in [0, 0.1) is 0 Å². The van der Waals surface area contributed by atoms with E-state index in [-0.39, 0.29) is 0 Å². The summed E-state index contributed by atoms with van der Waals surface area (Å²) in [6.07, 6.45) is 0. The maximum atomic E-state index is 6.45. The SMILES string of the molecule is c1ccc(-c2ccc(N(c3ccc(-c4ccccc4)cc3)c3ccc4c(c3)C(c3ccc5oc6ccccc6c5c3)(c3ccc5oc6ccccc6c5c3)c3ccccc3-4)cc2)cc1. The maximum Gasteiger partial charge on any atom is 0.135 e. The second-order valence-corrected chi connectivity index (χ2v) is 16.8. The predicted molar refractivity (Wildman–Crippen MR) is 264 cm³/mol. The highest BCUT2D eigenvalue weighted by Crippen LogP contribution is 2.58. The molecule has 0 N–H and O–H groups in total. The van der Waals surface area contributed by atoms with E-state index in [0.29, 0.717) is 0 Å². The van der Waals surface area contributed by atoms with Gasteiger partial charge in [-0.3, -0.25) is 0 Å². The molecule has 0 bridgehead atoms. The molecule has 12 aromatic rings. The molecule has 64 heavy (non-hydrogen) atoms. The molecule has 0 atom stereocenters. The summed E-state index contributed by atoms with van der Waals surface area (Å²) in [5, 5.41) is 4.41. The van der Waals surface area contributed by atoms with E-state index in [4.69, 9.17) is 8.83 Å². The second-order valence-electron chi connectivity index (χ2n) is 16.8. The fraction of sp³-hybridized carbons (Fsp3) is 0.0164. The third-order valence-corrected chi connectivity index (χ3v) is 13.4. The lowest BCUT2D eigenvalue weighted by atomic mass is 9.67. The molecule has 2 heterocycles. The monoisotopic (exact) mass is 817 g/mol. The molecule has 0 saturated carbocycles. The van der Waals surface area contributed by atoms with Crippen molar-refractivity contribution in [2.75, 3.05) is 4.90 Å². The van der Waals surface area contributed by atoms with Gasteiger partial charge in [-0.15, -0.1) is 0 Å². The van der Waals surface area contributed by atoms with Crippen LogP contribution in [0.25, 0.3) is 77.3 Å². The Labute approximate surface area is 370 Å². The number of furan rings is 2. The molecule has 3 heteroatoms. The zero-order valence-electron chi connectivity index (χ0n) is 34.8. The van der Waals surface area contributed by atoms with E-state index in [1.165, 1.54) is 55.6 Å². The summed E-state index contributed by atoms with van der Waals surface area (Å²) in [4.78, 5) is 2.40. The van der Waals surface area contributed by atoms with Gasteiger partial charge in [0.2, 0.25) is 0 Å². The van der Waals surface area contributed by atoms with E-state index in [0.717, 1.165) is 60.9 Å². The zero-order valence-corrected chi connectivity index (χ0v) is 34.8. The Bertz CT molecular complexity index is 3520. The van der Waals surface area contributed by atoms with Crippen molar-refractivity contribution in [3.63, 3.8) is 0 Å². The molecule has 0 fully saturated rings. The standard InChI is InChI=1S/C61H39NO2/c1-3-13-40(14-4-1)42-23-29-46(30-24-42)62(47-31-25-43(26-32-47)41-15-5-2-6-16-41)48-33-34-50-49-17-7-10-20-55(49)61(56(50)39-48,44-27-35-59-53(37-44)51-18-8-11-21-57(51)63-59)45-28-36-60-54(38-45)52-19-9-12-22-58(52)64-60/h1-39H. The molecule has 300 valence electrons. The number of benzene rings is 10. The Morgan fingerprint density at radius 3 is 1.25 bits per heavy atom. The van der Waals surface area contributed by atoms with Crippen molar-refractivity contribution in [2.24, 2.45) is 0 Å². The summed E-state index contributed by atoms with van der Waals surface area (Å²) in [5.41, 5.74) is 18.0. The van der Waals surface area contributed by atoms with E-state index in [2.05, 4.69) is 229 Å². The molecule has 2 aromatic heterocycles. The number of anilines is 3. The molecule has 0 amide bonds. The Balaban J connectivity index is 1.07. The van der Waals surface area contributed by atoms with Crippen LogP contribution in [0.5, 0.6) is 0 Å². The van der Waals surface area contributed by atoms with Crippen LogP contribution in [0.4, 0.5) is 17.1 Å². The fourth-order valence-electron chi connectivity index (χ4n) is 10.4. The molecule has 0 unspecified atom stereocenters.